The van der Waals surface area contributed by atoms with Gasteiger partial charge in [0.05, 0.1) is 6.54 Å². The van der Waals surface area contributed by atoms with Crippen molar-refractivity contribution in [2.45, 2.75) is 20.4 Å². The Kier molecular flexibility index (Phi) is 5.13. The number of hydrogen-bond acceptors (Lipinski definition) is 5. The number of furan rings is 1. The second-order valence-corrected chi connectivity index (χ2v) is 7.64. The molecule has 0 radical (unpaired) electrons. The van der Waals surface area contributed by atoms with Crippen LogP contribution in [0.5, 0.6) is 0 Å². The van der Waals surface area contributed by atoms with E-state index in [1.807, 2.05) is 0 Å². The number of benzene rings is 1. The lowest BCUT2D eigenvalue weighted by Crippen LogP contribution is -2.28. The maximum Gasteiger partial charge on any atom is 0.264 e. The number of aryl methyl sites for hydroxylation is 1. The summed E-state index contributed by atoms with van der Waals surface area (Å²) in [7, 11) is -3.82. The number of carbonyl (C=O) groups excluding carboxylic acids is 1. The molecule has 1 amide bonds. The van der Waals surface area contributed by atoms with Gasteiger partial charge in [0.2, 0.25) is 5.91 Å². The van der Waals surface area contributed by atoms with E-state index in [0.717, 1.165) is 5.76 Å². The number of aliphatic imine (C=N–C) groups is 1. The zero-order chi connectivity index (χ0) is 19.6. The van der Waals surface area contributed by atoms with Gasteiger partial charge in [-0.05, 0) is 43.7 Å². The van der Waals surface area contributed by atoms with Crippen molar-refractivity contribution < 1.29 is 22.0 Å². The first-order chi connectivity index (χ1) is 12.8. The number of nitrogens with one attached hydrogen (secondary N) is 2. The summed E-state index contributed by atoms with van der Waals surface area (Å²) in [6.07, 6.45) is 0. The molecule has 0 aliphatic carbocycles. The minimum atomic E-state index is -3.82. The van der Waals surface area contributed by atoms with Crippen LogP contribution in [0.3, 0.4) is 0 Å². The molecule has 1 aliphatic rings. The van der Waals surface area contributed by atoms with Crippen LogP contribution in [0.15, 0.2) is 51.4 Å². The number of sulfonamides is 1. The Morgan fingerprint density at radius 1 is 1.19 bits per heavy atom. The number of rotatable bonds is 5. The van der Waals surface area contributed by atoms with Crippen molar-refractivity contribution in [1.29, 1.82) is 0 Å². The van der Waals surface area contributed by atoms with Crippen molar-refractivity contribution in [2.75, 3.05) is 6.54 Å². The summed E-state index contributed by atoms with van der Waals surface area (Å²) in [5, 5.41) is 2.65. The predicted octanol–water partition coefficient (Wildman–Crippen LogP) is 2.11. The van der Waals surface area contributed by atoms with Crippen molar-refractivity contribution in [2.24, 2.45) is 4.99 Å². The Morgan fingerprint density at radius 2 is 1.89 bits per heavy atom. The first-order valence-corrected chi connectivity index (χ1v) is 9.61. The summed E-state index contributed by atoms with van der Waals surface area (Å²) >= 11 is 0. The summed E-state index contributed by atoms with van der Waals surface area (Å²) in [6.45, 7) is 3.36. The Hall–Kier alpha value is -2.94. The zero-order valence-corrected chi connectivity index (χ0v) is 15.6. The third-order valence-corrected chi connectivity index (χ3v) is 5.48. The molecule has 0 spiro atoms. The fourth-order valence-corrected chi connectivity index (χ4v) is 4.18. The van der Waals surface area contributed by atoms with E-state index in [9.17, 15) is 17.6 Å². The molecule has 7 nitrogen and oxygen atoms in total. The molecule has 0 atom stereocenters. The zero-order valence-electron chi connectivity index (χ0n) is 14.7. The molecule has 0 saturated carbocycles. The molecule has 9 heteroatoms. The highest BCUT2D eigenvalue weighted by molar-refractivity contribution is 8.00. The van der Waals surface area contributed by atoms with Crippen LogP contribution in [-0.4, -0.2) is 26.7 Å². The van der Waals surface area contributed by atoms with E-state index in [2.05, 4.69) is 15.0 Å². The topological polar surface area (TPSA) is 101 Å². The van der Waals surface area contributed by atoms with Crippen molar-refractivity contribution >= 4 is 26.7 Å². The second-order valence-electron chi connectivity index (χ2n) is 6.02. The highest BCUT2D eigenvalue weighted by Crippen LogP contribution is 2.29. The first kappa shape index (κ1) is 18.8. The molecular formula is C18H18FN3O4S. The Balaban J connectivity index is 1.72. The third-order valence-electron chi connectivity index (χ3n) is 3.94. The van der Waals surface area contributed by atoms with Gasteiger partial charge in [-0.2, -0.15) is 0 Å². The van der Waals surface area contributed by atoms with Crippen molar-refractivity contribution in [3.05, 3.63) is 64.9 Å². The average Bonchev–Trinajstić information content (AvgIpc) is 3.12. The molecular weight excluding hydrogens is 373 g/mol. The lowest BCUT2D eigenvalue weighted by atomic mass is 10.1. The molecule has 1 aromatic carbocycles. The number of amides is 1. The SMILES string of the molecule is CC1=C(c2ccc(F)cc2)S(=O)(=O)NC1=NCC(=O)NCc1ccc(C)o1. The fraction of sp³-hybridized carbons (Fsp3) is 0.222. The normalized spacial score (nSPS) is 17.2. The van der Waals surface area contributed by atoms with Crippen LogP contribution in [0.1, 0.15) is 24.0 Å². The third kappa shape index (κ3) is 4.25. The summed E-state index contributed by atoms with van der Waals surface area (Å²) in [4.78, 5) is 16.0. The number of nitrogens with zero attached hydrogens (tertiary/aromatic N) is 1. The first-order valence-electron chi connectivity index (χ1n) is 8.13. The lowest BCUT2D eigenvalue weighted by Gasteiger charge is -2.02. The molecule has 1 aliphatic heterocycles. The summed E-state index contributed by atoms with van der Waals surface area (Å²) < 4.78 is 45.5. The summed E-state index contributed by atoms with van der Waals surface area (Å²) in [5.41, 5.74) is 0.723. The Morgan fingerprint density at radius 3 is 2.52 bits per heavy atom. The van der Waals surface area contributed by atoms with Crippen LogP contribution in [0.25, 0.3) is 4.91 Å². The minimum absolute atomic E-state index is 0.0210. The fourth-order valence-electron chi connectivity index (χ4n) is 2.66. The van der Waals surface area contributed by atoms with Crippen LogP contribution >= 0.6 is 0 Å². The summed E-state index contributed by atoms with van der Waals surface area (Å²) in [5.74, 6) is 0.619. The van der Waals surface area contributed by atoms with Crippen LogP contribution in [0.4, 0.5) is 4.39 Å². The molecule has 0 saturated heterocycles. The summed E-state index contributed by atoms with van der Waals surface area (Å²) in [6, 6.07) is 8.69. The van der Waals surface area contributed by atoms with Crippen molar-refractivity contribution in [1.82, 2.24) is 10.0 Å². The van der Waals surface area contributed by atoms with Crippen LogP contribution < -0.4 is 10.0 Å². The van der Waals surface area contributed by atoms with Gasteiger partial charge in [-0.15, -0.1) is 0 Å². The smallest absolute Gasteiger partial charge is 0.264 e. The van der Waals surface area contributed by atoms with Crippen molar-refractivity contribution in [3.63, 3.8) is 0 Å². The maximum absolute atomic E-state index is 13.1. The number of hydrogen-bond donors (Lipinski definition) is 2. The van der Waals surface area contributed by atoms with E-state index in [1.165, 1.54) is 24.3 Å². The van der Waals surface area contributed by atoms with Gasteiger partial charge in [0, 0.05) is 5.57 Å². The molecule has 142 valence electrons. The highest BCUT2D eigenvalue weighted by Gasteiger charge is 2.32. The standard InChI is InChI=1S/C18H18FN3O4S/c1-11-3-8-15(26-11)9-20-16(23)10-21-18-12(2)17(27(24,25)22-18)13-4-6-14(19)7-5-13/h3-8H,9-10H2,1-2H3,(H,20,23)(H,21,22). The lowest BCUT2D eigenvalue weighted by molar-refractivity contribution is -0.119. The second kappa shape index (κ2) is 7.36. The van der Waals surface area contributed by atoms with Gasteiger partial charge in [0.1, 0.15) is 34.6 Å². The molecule has 0 unspecified atom stereocenters. The van der Waals surface area contributed by atoms with E-state index < -0.39 is 15.8 Å². The van der Waals surface area contributed by atoms with E-state index in [1.54, 1.807) is 26.0 Å². The molecule has 3 rings (SSSR count). The molecule has 0 fully saturated rings. The number of carbonyl (C=O) groups is 1. The molecule has 1 aromatic heterocycles. The van der Waals surface area contributed by atoms with Gasteiger partial charge in [0.25, 0.3) is 10.0 Å². The monoisotopic (exact) mass is 391 g/mol. The maximum atomic E-state index is 13.1. The molecule has 0 bridgehead atoms. The molecule has 2 N–H and O–H groups in total. The van der Waals surface area contributed by atoms with Crippen LogP contribution in [0, 0.1) is 12.7 Å². The van der Waals surface area contributed by atoms with E-state index in [4.69, 9.17) is 4.42 Å². The average molecular weight is 391 g/mol. The van der Waals surface area contributed by atoms with Crippen LogP contribution in [0.2, 0.25) is 0 Å². The molecule has 27 heavy (non-hydrogen) atoms. The van der Waals surface area contributed by atoms with Gasteiger partial charge in [-0.1, -0.05) is 12.1 Å². The van der Waals surface area contributed by atoms with E-state index in [0.29, 0.717) is 16.9 Å². The van der Waals surface area contributed by atoms with Crippen molar-refractivity contribution in [3.8, 4) is 0 Å². The quantitative estimate of drug-likeness (QED) is 0.815. The number of amidine groups is 1. The Labute approximate surface area is 156 Å². The van der Waals surface area contributed by atoms with E-state index >= 15 is 0 Å². The molecule has 2 aromatic rings. The van der Waals surface area contributed by atoms with Crippen LogP contribution in [-0.2, 0) is 21.4 Å². The van der Waals surface area contributed by atoms with Gasteiger partial charge < -0.3 is 9.73 Å². The van der Waals surface area contributed by atoms with Gasteiger partial charge in [-0.3, -0.25) is 14.5 Å². The van der Waals surface area contributed by atoms with Gasteiger partial charge in [-0.25, -0.2) is 12.8 Å². The number of halogens is 1. The van der Waals surface area contributed by atoms with Gasteiger partial charge in [0.15, 0.2) is 0 Å². The van der Waals surface area contributed by atoms with Gasteiger partial charge >= 0.3 is 0 Å². The highest BCUT2D eigenvalue weighted by atomic mass is 32.2. The minimum Gasteiger partial charge on any atom is -0.465 e. The predicted molar refractivity (Wildman–Crippen MR) is 98.6 cm³/mol. The largest absolute Gasteiger partial charge is 0.465 e. The molecule has 2 heterocycles. The van der Waals surface area contributed by atoms with E-state index in [-0.39, 0.29) is 29.7 Å². The Bertz CT molecular complexity index is 1040.